The molecule has 1 aliphatic heterocycles. The van der Waals surface area contributed by atoms with Crippen molar-refractivity contribution >= 4 is 23.1 Å². The first-order valence-electron chi connectivity index (χ1n) is 11.3. The molecule has 0 radical (unpaired) electrons. The molecule has 1 fully saturated rings. The minimum absolute atomic E-state index is 0.0252. The average Bonchev–Trinajstić information content (AvgIpc) is 3.10. The Kier molecular flexibility index (Phi) is 6.50. The van der Waals surface area contributed by atoms with Crippen molar-refractivity contribution in [1.29, 1.82) is 0 Å². The van der Waals surface area contributed by atoms with E-state index in [1.807, 2.05) is 45.9 Å². The quantitative estimate of drug-likeness (QED) is 0.307. The molecule has 1 N–H and O–H groups in total. The van der Waals surface area contributed by atoms with E-state index in [-0.39, 0.29) is 11.3 Å². The zero-order chi connectivity index (χ0) is 24.4. The van der Waals surface area contributed by atoms with Crippen molar-refractivity contribution in [2.45, 2.75) is 33.7 Å². The number of amides is 1. The molecule has 0 spiro atoms. The van der Waals surface area contributed by atoms with Gasteiger partial charge >= 0.3 is 0 Å². The van der Waals surface area contributed by atoms with Crippen LogP contribution in [0.3, 0.4) is 0 Å². The van der Waals surface area contributed by atoms with Crippen LogP contribution in [-0.4, -0.2) is 28.4 Å². The number of carbonyl (C=O) groups excluding carboxylic acids is 2. The van der Waals surface area contributed by atoms with E-state index in [9.17, 15) is 14.7 Å². The van der Waals surface area contributed by atoms with Crippen LogP contribution in [0.1, 0.15) is 42.1 Å². The number of pyridine rings is 1. The van der Waals surface area contributed by atoms with Crippen LogP contribution >= 0.6 is 0 Å². The molecule has 1 atom stereocenters. The molecule has 1 aliphatic rings. The minimum atomic E-state index is -0.809. The van der Waals surface area contributed by atoms with Gasteiger partial charge in [0.2, 0.25) is 0 Å². The third-order valence-electron chi connectivity index (χ3n) is 5.90. The number of anilines is 1. The number of nitrogens with zero attached hydrogens (tertiary/aromatic N) is 2. The number of hydrogen-bond acceptors (Lipinski definition) is 5. The Balaban J connectivity index is 1.86. The number of Topliss-reactive ketones (excluding diaryl/α,β-unsaturated/α-hetero) is 1. The highest BCUT2D eigenvalue weighted by molar-refractivity contribution is 6.51. The molecule has 6 nitrogen and oxygen atoms in total. The molecule has 0 bridgehead atoms. The molecule has 0 saturated carbocycles. The van der Waals surface area contributed by atoms with Crippen molar-refractivity contribution in [3.05, 3.63) is 94.8 Å². The molecule has 2 heterocycles. The van der Waals surface area contributed by atoms with Crippen LogP contribution in [0.25, 0.3) is 5.76 Å². The van der Waals surface area contributed by atoms with E-state index in [0.29, 0.717) is 35.1 Å². The Bertz CT molecular complexity index is 1260. The lowest BCUT2D eigenvalue weighted by Gasteiger charge is -2.25. The Morgan fingerprint density at radius 3 is 2.53 bits per heavy atom. The molecule has 6 heteroatoms. The van der Waals surface area contributed by atoms with E-state index in [4.69, 9.17) is 4.74 Å². The fourth-order valence-corrected chi connectivity index (χ4v) is 3.98. The number of rotatable bonds is 6. The fourth-order valence-electron chi connectivity index (χ4n) is 3.98. The summed E-state index contributed by atoms with van der Waals surface area (Å²) in [7, 11) is 0. The minimum Gasteiger partial charge on any atom is -0.507 e. The van der Waals surface area contributed by atoms with Gasteiger partial charge in [0, 0.05) is 23.6 Å². The zero-order valence-corrected chi connectivity index (χ0v) is 19.8. The van der Waals surface area contributed by atoms with Gasteiger partial charge < -0.3 is 9.84 Å². The molecule has 2 aromatic carbocycles. The van der Waals surface area contributed by atoms with E-state index in [1.54, 1.807) is 48.8 Å². The summed E-state index contributed by atoms with van der Waals surface area (Å²) < 4.78 is 5.79. The second kappa shape index (κ2) is 9.51. The van der Waals surface area contributed by atoms with E-state index in [1.165, 1.54) is 4.90 Å². The molecule has 3 aromatic rings. The van der Waals surface area contributed by atoms with E-state index in [2.05, 4.69) is 4.98 Å². The van der Waals surface area contributed by atoms with Gasteiger partial charge in [0.25, 0.3) is 11.7 Å². The van der Waals surface area contributed by atoms with Crippen molar-refractivity contribution in [2.24, 2.45) is 5.92 Å². The number of benzene rings is 2. The van der Waals surface area contributed by atoms with Crippen molar-refractivity contribution < 1.29 is 19.4 Å². The van der Waals surface area contributed by atoms with Crippen LogP contribution in [-0.2, 0) is 9.59 Å². The maximum atomic E-state index is 13.3. The maximum Gasteiger partial charge on any atom is 0.300 e. The van der Waals surface area contributed by atoms with Gasteiger partial charge in [-0.25, -0.2) is 0 Å². The summed E-state index contributed by atoms with van der Waals surface area (Å²) in [6.07, 6.45) is 3.24. The smallest absolute Gasteiger partial charge is 0.300 e. The van der Waals surface area contributed by atoms with Crippen molar-refractivity contribution in [3.63, 3.8) is 0 Å². The van der Waals surface area contributed by atoms with E-state index in [0.717, 1.165) is 11.1 Å². The molecule has 1 amide bonds. The fraction of sp³-hybridized carbons (Fsp3) is 0.250. The monoisotopic (exact) mass is 456 g/mol. The lowest BCUT2D eigenvalue weighted by Crippen LogP contribution is -2.29. The van der Waals surface area contributed by atoms with Gasteiger partial charge in [-0.3, -0.25) is 19.5 Å². The first-order valence-corrected chi connectivity index (χ1v) is 11.3. The third-order valence-corrected chi connectivity index (χ3v) is 5.90. The average molecular weight is 457 g/mol. The second-order valence-corrected chi connectivity index (χ2v) is 8.96. The summed E-state index contributed by atoms with van der Waals surface area (Å²) in [6, 6.07) is 15.3. The Morgan fingerprint density at radius 2 is 1.85 bits per heavy atom. The summed E-state index contributed by atoms with van der Waals surface area (Å²) in [4.78, 5) is 32.2. The first kappa shape index (κ1) is 23.2. The molecule has 34 heavy (non-hydrogen) atoms. The van der Waals surface area contributed by atoms with Gasteiger partial charge in [-0.15, -0.1) is 0 Å². The van der Waals surface area contributed by atoms with Crippen LogP contribution in [0.2, 0.25) is 0 Å². The van der Waals surface area contributed by atoms with Gasteiger partial charge in [0.05, 0.1) is 18.2 Å². The van der Waals surface area contributed by atoms with Gasteiger partial charge in [-0.1, -0.05) is 38.1 Å². The number of hydrogen-bond donors (Lipinski definition) is 1. The summed E-state index contributed by atoms with van der Waals surface area (Å²) in [5.41, 5.74) is 3.74. The highest BCUT2D eigenvalue weighted by atomic mass is 16.5. The van der Waals surface area contributed by atoms with Crippen molar-refractivity contribution in [2.75, 3.05) is 11.5 Å². The molecule has 174 valence electrons. The number of ether oxygens (including phenoxy) is 1. The standard InChI is InChI=1S/C28H28N2O4/c1-17(2)16-34-23-9-5-7-20(14-23)26(31)24-25(21-8-6-12-29-15-21)30(28(33)27(24)32)22-11-10-18(3)19(4)13-22/h5-15,17,25,31H,16H2,1-4H3/b26-24+. The molecule has 1 saturated heterocycles. The molecule has 1 aromatic heterocycles. The van der Waals surface area contributed by atoms with Crippen LogP contribution in [0.15, 0.2) is 72.6 Å². The number of aromatic nitrogens is 1. The Hall–Kier alpha value is -3.93. The number of aryl methyl sites for hydroxylation is 2. The zero-order valence-electron chi connectivity index (χ0n) is 19.8. The topological polar surface area (TPSA) is 79.7 Å². The summed E-state index contributed by atoms with van der Waals surface area (Å²) in [5, 5.41) is 11.3. The van der Waals surface area contributed by atoms with Crippen LogP contribution in [0, 0.1) is 19.8 Å². The first-order chi connectivity index (χ1) is 16.3. The second-order valence-electron chi connectivity index (χ2n) is 8.96. The lowest BCUT2D eigenvalue weighted by atomic mass is 9.96. The van der Waals surface area contributed by atoms with E-state index < -0.39 is 17.7 Å². The summed E-state index contributed by atoms with van der Waals surface area (Å²) in [6.45, 7) is 8.56. The summed E-state index contributed by atoms with van der Waals surface area (Å²) in [5.74, 6) is -0.748. The van der Waals surface area contributed by atoms with Crippen LogP contribution in [0.5, 0.6) is 5.75 Å². The SMILES string of the molecule is Cc1ccc(N2C(=O)C(=O)/C(=C(/O)c3cccc(OCC(C)C)c3)C2c2cccnc2)cc1C. The Labute approximate surface area is 199 Å². The van der Waals surface area contributed by atoms with Crippen molar-refractivity contribution in [1.82, 2.24) is 4.98 Å². The van der Waals surface area contributed by atoms with Gasteiger partial charge in [-0.2, -0.15) is 0 Å². The predicted octanol–water partition coefficient (Wildman–Crippen LogP) is 5.36. The van der Waals surface area contributed by atoms with E-state index >= 15 is 0 Å². The Morgan fingerprint density at radius 1 is 1.06 bits per heavy atom. The maximum absolute atomic E-state index is 13.3. The number of aliphatic hydroxyl groups excluding tert-OH is 1. The predicted molar refractivity (Wildman–Crippen MR) is 132 cm³/mol. The third kappa shape index (κ3) is 4.44. The van der Waals surface area contributed by atoms with Crippen molar-refractivity contribution in [3.8, 4) is 5.75 Å². The molecule has 1 unspecified atom stereocenters. The number of ketones is 1. The highest BCUT2D eigenvalue weighted by Crippen LogP contribution is 2.42. The lowest BCUT2D eigenvalue weighted by molar-refractivity contribution is -0.132. The molecule has 4 rings (SSSR count). The molecular formula is C28H28N2O4. The normalized spacial score (nSPS) is 17.4. The van der Waals surface area contributed by atoms with Gasteiger partial charge in [0.15, 0.2) is 0 Å². The largest absolute Gasteiger partial charge is 0.507 e. The summed E-state index contributed by atoms with van der Waals surface area (Å²) >= 11 is 0. The highest BCUT2D eigenvalue weighted by Gasteiger charge is 2.47. The molecular weight excluding hydrogens is 428 g/mol. The van der Waals surface area contributed by atoms with Crippen LogP contribution < -0.4 is 9.64 Å². The van der Waals surface area contributed by atoms with Gasteiger partial charge in [-0.05, 0) is 66.8 Å². The van der Waals surface area contributed by atoms with Crippen LogP contribution in [0.4, 0.5) is 5.69 Å². The van der Waals surface area contributed by atoms with Gasteiger partial charge in [0.1, 0.15) is 11.5 Å². The number of aliphatic hydroxyl groups is 1. The molecule has 0 aliphatic carbocycles. The number of carbonyl (C=O) groups is 2.